The number of para-hydroxylation sites is 2. The van der Waals surface area contributed by atoms with E-state index in [1.165, 1.54) is 20.2 Å². The molecule has 0 aliphatic heterocycles. The molecule has 156 valence electrons. The molecule has 0 aromatic heterocycles. The van der Waals surface area contributed by atoms with Gasteiger partial charge in [0, 0.05) is 20.5 Å². The van der Waals surface area contributed by atoms with E-state index in [-0.39, 0.29) is 17.2 Å². The van der Waals surface area contributed by atoms with Crippen molar-refractivity contribution in [3.05, 3.63) is 90.0 Å². The van der Waals surface area contributed by atoms with E-state index in [1.54, 1.807) is 18.2 Å². The summed E-state index contributed by atoms with van der Waals surface area (Å²) in [7, 11) is -0.793. The fourth-order valence-electron chi connectivity index (χ4n) is 2.93. The lowest BCUT2D eigenvalue weighted by molar-refractivity contribution is -0.118. The Balaban J connectivity index is 1.70. The maximum atomic E-state index is 12.5. The lowest BCUT2D eigenvalue weighted by Gasteiger charge is -2.16. The number of benzene rings is 3. The minimum absolute atomic E-state index is 0.0350. The molecular weight excluding hydrogens is 400 g/mol. The number of anilines is 1. The number of nitrogens with one attached hydrogen (secondary N) is 1. The number of amides is 1. The zero-order chi connectivity index (χ0) is 21.6. The summed E-state index contributed by atoms with van der Waals surface area (Å²) < 4.78 is 31.8. The first-order valence-electron chi connectivity index (χ1n) is 9.44. The van der Waals surface area contributed by atoms with E-state index < -0.39 is 15.9 Å². The van der Waals surface area contributed by atoms with Crippen molar-refractivity contribution in [2.45, 2.75) is 11.3 Å². The molecule has 0 saturated carbocycles. The molecule has 0 heterocycles. The molecule has 0 aliphatic rings. The molecule has 7 heteroatoms. The van der Waals surface area contributed by atoms with Crippen LogP contribution >= 0.6 is 0 Å². The smallest absolute Gasteiger partial charge is 0.262 e. The number of carbonyl (C=O) groups is 1. The van der Waals surface area contributed by atoms with Gasteiger partial charge in [-0.05, 0) is 29.3 Å². The molecule has 30 heavy (non-hydrogen) atoms. The highest BCUT2D eigenvalue weighted by Crippen LogP contribution is 2.24. The van der Waals surface area contributed by atoms with Crippen molar-refractivity contribution >= 4 is 21.6 Å². The van der Waals surface area contributed by atoms with Crippen LogP contribution in [0, 0.1) is 0 Å². The molecule has 0 saturated heterocycles. The van der Waals surface area contributed by atoms with Crippen LogP contribution in [0.3, 0.4) is 0 Å². The van der Waals surface area contributed by atoms with Gasteiger partial charge in [-0.1, -0.05) is 60.7 Å². The van der Waals surface area contributed by atoms with Gasteiger partial charge in [-0.3, -0.25) is 4.79 Å². The molecule has 3 aromatic rings. The van der Waals surface area contributed by atoms with Crippen LogP contribution in [0.2, 0.25) is 0 Å². The molecule has 1 amide bonds. The highest BCUT2D eigenvalue weighted by Gasteiger charge is 2.21. The molecule has 3 aromatic carbocycles. The highest BCUT2D eigenvalue weighted by molar-refractivity contribution is 7.89. The molecule has 0 bridgehead atoms. The number of ether oxygens (including phenoxy) is 1. The Bertz CT molecular complexity index is 1110. The van der Waals surface area contributed by atoms with Crippen molar-refractivity contribution in [3.8, 4) is 5.75 Å². The highest BCUT2D eigenvalue weighted by atomic mass is 32.2. The summed E-state index contributed by atoms with van der Waals surface area (Å²) in [5.74, 6) is 0.177. The van der Waals surface area contributed by atoms with Gasteiger partial charge < -0.3 is 10.1 Å². The minimum Gasteiger partial charge on any atom is -0.483 e. The average Bonchev–Trinajstić information content (AvgIpc) is 2.74. The van der Waals surface area contributed by atoms with E-state index >= 15 is 0 Å². The van der Waals surface area contributed by atoms with Crippen LogP contribution in [-0.4, -0.2) is 39.3 Å². The molecule has 3 rings (SSSR count). The maximum Gasteiger partial charge on any atom is 0.262 e. The first-order valence-corrected chi connectivity index (χ1v) is 10.9. The van der Waals surface area contributed by atoms with Crippen molar-refractivity contribution < 1.29 is 17.9 Å². The van der Waals surface area contributed by atoms with E-state index in [9.17, 15) is 13.2 Å². The van der Waals surface area contributed by atoms with Crippen molar-refractivity contribution in [3.63, 3.8) is 0 Å². The van der Waals surface area contributed by atoms with E-state index in [0.717, 1.165) is 15.4 Å². The van der Waals surface area contributed by atoms with Gasteiger partial charge in [0.2, 0.25) is 10.0 Å². The molecule has 0 radical (unpaired) electrons. The van der Waals surface area contributed by atoms with Crippen LogP contribution < -0.4 is 10.1 Å². The zero-order valence-corrected chi connectivity index (χ0v) is 17.7. The maximum absolute atomic E-state index is 12.5. The van der Waals surface area contributed by atoms with Gasteiger partial charge in [-0.15, -0.1) is 0 Å². The van der Waals surface area contributed by atoms with Crippen LogP contribution in [0.4, 0.5) is 5.69 Å². The SMILES string of the molecule is CN(C)S(=O)(=O)c1ccccc1NC(=O)COc1ccccc1Cc1ccccc1. The second-order valence-corrected chi connectivity index (χ2v) is 9.01. The van der Waals surface area contributed by atoms with Gasteiger partial charge in [0.15, 0.2) is 6.61 Å². The molecule has 0 atom stereocenters. The summed E-state index contributed by atoms with van der Waals surface area (Å²) in [5.41, 5.74) is 2.32. The predicted molar refractivity (Wildman–Crippen MR) is 117 cm³/mol. The molecule has 6 nitrogen and oxygen atoms in total. The number of nitrogens with zero attached hydrogens (tertiary/aromatic N) is 1. The fraction of sp³-hybridized carbons (Fsp3) is 0.174. The lowest BCUT2D eigenvalue weighted by Crippen LogP contribution is -2.26. The Morgan fingerprint density at radius 3 is 2.27 bits per heavy atom. The summed E-state index contributed by atoms with van der Waals surface area (Å²) in [5, 5.41) is 2.64. The Morgan fingerprint density at radius 2 is 1.53 bits per heavy atom. The zero-order valence-electron chi connectivity index (χ0n) is 16.9. The van der Waals surface area contributed by atoms with Gasteiger partial charge in [0.05, 0.1) is 5.69 Å². The number of sulfonamides is 1. The lowest BCUT2D eigenvalue weighted by atomic mass is 10.0. The van der Waals surface area contributed by atoms with Crippen LogP contribution in [0.5, 0.6) is 5.75 Å². The van der Waals surface area contributed by atoms with Crippen molar-refractivity contribution in [1.29, 1.82) is 0 Å². The molecule has 0 unspecified atom stereocenters. The third-order valence-electron chi connectivity index (χ3n) is 4.49. The predicted octanol–water partition coefficient (Wildman–Crippen LogP) is 3.55. The van der Waals surface area contributed by atoms with Crippen LogP contribution in [0.1, 0.15) is 11.1 Å². The second kappa shape index (κ2) is 9.56. The van der Waals surface area contributed by atoms with Crippen molar-refractivity contribution in [2.24, 2.45) is 0 Å². The van der Waals surface area contributed by atoms with Crippen LogP contribution in [0.25, 0.3) is 0 Å². The van der Waals surface area contributed by atoms with Crippen molar-refractivity contribution in [2.75, 3.05) is 26.0 Å². The molecule has 0 fully saturated rings. The molecule has 0 aliphatic carbocycles. The first-order chi connectivity index (χ1) is 14.4. The molecular formula is C23H24N2O4S. The Morgan fingerprint density at radius 1 is 0.900 bits per heavy atom. The fourth-order valence-corrected chi connectivity index (χ4v) is 3.97. The Labute approximate surface area is 177 Å². The number of carbonyl (C=O) groups excluding carboxylic acids is 1. The normalized spacial score (nSPS) is 11.3. The third-order valence-corrected chi connectivity index (χ3v) is 6.36. The number of rotatable bonds is 8. The summed E-state index contributed by atoms with van der Waals surface area (Å²) >= 11 is 0. The Kier molecular flexibility index (Phi) is 6.87. The Hall–Kier alpha value is -3.16. The largest absolute Gasteiger partial charge is 0.483 e. The van der Waals surface area contributed by atoms with E-state index in [1.807, 2.05) is 54.6 Å². The van der Waals surface area contributed by atoms with E-state index in [0.29, 0.717) is 12.2 Å². The van der Waals surface area contributed by atoms with Gasteiger partial charge >= 0.3 is 0 Å². The van der Waals surface area contributed by atoms with Crippen LogP contribution in [0.15, 0.2) is 83.8 Å². The monoisotopic (exact) mass is 424 g/mol. The minimum atomic E-state index is -3.68. The quantitative estimate of drug-likeness (QED) is 0.600. The number of hydrogen-bond acceptors (Lipinski definition) is 4. The van der Waals surface area contributed by atoms with Gasteiger partial charge in [0.25, 0.3) is 5.91 Å². The molecule has 0 spiro atoms. The topological polar surface area (TPSA) is 75.7 Å². The summed E-state index contributed by atoms with van der Waals surface area (Å²) in [6, 6.07) is 23.8. The van der Waals surface area contributed by atoms with Gasteiger partial charge in [-0.2, -0.15) is 0 Å². The third kappa shape index (κ3) is 5.25. The number of hydrogen-bond donors (Lipinski definition) is 1. The summed E-state index contributed by atoms with van der Waals surface area (Å²) in [6.07, 6.45) is 0.683. The summed E-state index contributed by atoms with van der Waals surface area (Å²) in [4.78, 5) is 12.5. The summed E-state index contributed by atoms with van der Waals surface area (Å²) in [6.45, 7) is -0.234. The van der Waals surface area contributed by atoms with Crippen molar-refractivity contribution in [1.82, 2.24) is 4.31 Å². The second-order valence-electron chi connectivity index (χ2n) is 6.89. The van der Waals surface area contributed by atoms with E-state index in [2.05, 4.69) is 5.32 Å². The molecule has 1 N–H and O–H groups in total. The first kappa shape index (κ1) is 21.5. The van der Waals surface area contributed by atoms with Gasteiger partial charge in [0.1, 0.15) is 10.6 Å². The average molecular weight is 425 g/mol. The van der Waals surface area contributed by atoms with Gasteiger partial charge in [-0.25, -0.2) is 12.7 Å². The van der Waals surface area contributed by atoms with Crippen LogP contribution in [-0.2, 0) is 21.2 Å². The van der Waals surface area contributed by atoms with E-state index in [4.69, 9.17) is 4.74 Å². The standard InChI is InChI=1S/C23H24N2O4S/c1-25(2)30(27,28)22-15-9-7-13-20(22)24-23(26)17-29-21-14-8-6-12-19(21)16-18-10-4-3-5-11-18/h3-15H,16-17H2,1-2H3,(H,24,26).